The molecular formula is C17H20N4O2. The van der Waals surface area contributed by atoms with E-state index in [1.54, 1.807) is 37.4 Å². The number of carbonyl (C=O) groups excluding carboxylic acids is 2. The molecule has 23 heavy (non-hydrogen) atoms. The molecule has 120 valence electrons. The van der Waals surface area contributed by atoms with Crippen molar-refractivity contribution in [1.82, 2.24) is 9.97 Å². The monoisotopic (exact) mass is 312 g/mol. The second-order valence-corrected chi connectivity index (χ2v) is 5.60. The van der Waals surface area contributed by atoms with E-state index in [0.29, 0.717) is 28.5 Å². The molecule has 0 radical (unpaired) electrons. The highest BCUT2D eigenvalue weighted by atomic mass is 16.2. The maximum absolute atomic E-state index is 12.4. The van der Waals surface area contributed by atoms with Gasteiger partial charge < -0.3 is 10.6 Å². The highest BCUT2D eigenvalue weighted by Crippen LogP contribution is 2.17. The number of nitrogens with zero attached hydrogens (tertiary/aromatic N) is 2. The summed E-state index contributed by atoms with van der Waals surface area (Å²) in [4.78, 5) is 32.0. The molecule has 0 atom stereocenters. The molecule has 2 aromatic rings. The third-order valence-electron chi connectivity index (χ3n) is 3.20. The first-order valence-electron chi connectivity index (χ1n) is 7.39. The zero-order valence-electron chi connectivity index (χ0n) is 13.7. The zero-order chi connectivity index (χ0) is 17.0. The van der Waals surface area contributed by atoms with E-state index in [1.807, 2.05) is 13.8 Å². The van der Waals surface area contributed by atoms with Gasteiger partial charge in [-0.1, -0.05) is 19.9 Å². The average Bonchev–Trinajstić information content (AvgIpc) is 2.46. The number of aryl methyl sites for hydroxylation is 1. The van der Waals surface area contributed by atoms with Crippen molar-refractivity contribution in [2.45, 2.75) is 33.6 Å². The number of carbonyl (C=O) groups is 2. The first-order chi connectivity index (χ1) is 10.9. The number of anilines is 2. The van der Waals surface area contributed by atoms with Crippen molar-refractivity contribution >= 4 is 23.2 Å². The van der Waals surface area contributed by atoms with Gasteiger partial charge in [0.05, 0.1) is 11.3 Å². The Bertz CT molecular complexity index is 741. The Morgan fingerprint density at radius 3 is 2.35 bits per heavy atom. The van der Waals surface area contributed by atoms with E-state index in [1.165, 1.54) is 6.92 Å². The molecule has 0 aliphatic carbocycles. The van der Waals surface area contributed by atoms with Crippen molar-refractivity contribution < 1.29 is 9.59 Å². The lowest BCUT2D eigenvalue weighted by atomic mass is 10.1. The first kappa shape index (κ1) is 16.6. The number of nitrogens with one attached hydrogen (secondary N) is 2. The third-order valence-corrected chi connectivity index (χ3v) is 3.20. The summed E-state index contributed by atoms with van der Waals surface area (Å²) in [5, 5.41) is 5.47. The summed E-state index contributed by atoms with van der Waals surface area (Å²) in [5.74, 6) is 0.478. The van der Waals surface area contributed by atoms with Crippen molar-refractivity contribution in [2.24, 2.45) is 0 Å². The van der Waals surface area contributed by atoms with E-state index in [9.17, 15) is 9.59 Å². The summed E-state index contributed by atoms with van der Waals surface area (Å²) < 4.78 is 0. The van der Waals surface area contributed by atoms with E-state index in [2.05, 4.69) is 20.6 Å². The van der Waals surface area contributed by atoms with Crippen LogP contribution in [0.3, 0.4) is 0 Å². The highest BCUT2D eigenvalue weighted by molar-refractivity contribution is 6.05. The second kappa shape index (κ2) is 7.00. The second-order valence-electron chi connectivity index (χ2n) is 5.60. The number of benzene rings is 1. The smallest absolute Gasteiger partial charge is 0.259 e. The Morgan fingerprint density at radius 1 is 1.13 bits per heavy atom. The maximum Gasteiger partial charge on any atom is 0.259 e. The summed E-state index contributed by atoms with van der Waals surface area (Å²) in [6, 6.07) is 6.95. The Hall–Kier alpha value is -2.76. The molecule has 6 nitrogen and oxygen atoms in total. The van der Waals surface area contributed by atoms with Crippen LogP contribution >= 0.6 is 0 Å². The van der Waals surface area contributed by atoms with Crippen LogP contribution in [-0.2, 0) is 4.79 Å². The molecular weight excluding hydrogens is 292 g/mol. The van der Waals surface area contributed by atoms with Gasteiger partial charge in [0.2, 0.25) is 5.91 Å². The third kappa shape index (κ3) is 4.35. The van der Waals surface area contributed by atoms with Crippen LogP contribution in [-0.4, -0.2) is 21.8 Å². The molecule has 2 N–H and O–H groups in total. The Balaban J connectivity index is 2.17. The van der Waals surface area contributed by atoms with E-state index in [0.717, 1.165) is 0 Å². The lowest BCUT2D eigenvalue weighted by molar-refractivity contribution is -0.114. The predicted molar refractivity (Wildman–Crippen MR) is 89.6 cm³/mol. The summed E-state index contributed by atoms with van der Waals surface area (Å²) in [5.41, 5.74) is 2.28. The minimum atomic E-state index is -0.280. The fraction of sp³-hybridized carbons (Fsp3) is 0.294. The summed E-state index contributed by atoms with van der Waals surface area (Å²) in [6.45, 7) is 7.22. The van der Waals surface area contributed by atoms with Gasteiger partial charge in [0, 0.05) is 30.4 Å². The molecule has 0 aliphatic rings. The molecule has 0 spiro atoms. The van der Waals surface area contributed by atoms with Crippen LogP contribution < -0.4 is 10.6 Å². The quantitative estimate of drug-likeness (QED) is 0.908. The number of rotatable bonds is 4. The van der Waals surface area contributed by atoms with E-state index < -0.39 is 0 Å². The topological polar surface area (TPSA) is 84.0 Å². The highest BCUT2D eigenvalue weighted by Gasteiger charge is 2.13. The van der Waals surface area contributed by atoms with Crippen molar-refractivity contribution in [3.8, 4) is 0 Å². The molecule has 0 aliphatic heterocycles. The zero-order valence-corrected chi connectivity index (χ0v) is 13.7. The van der Waals surface area contributed by atoms with Crippen LogP contribution in [0.1, 0.15) is 48.6 Å². The molecule has 0 saturated carbocycles. The summed E-state index contributed by atoms with van der Waals surface area (Å²) in [7, 11) is 0. The van der Waals surface area contributed by atoms with Gasteiger partial charge in [-0.15, -0.1) is 0 Å². The van der Waals surface area contributed by atoms with Crippen molar-refractivity contribution in [2.75, 3.05) is 10.6 Å². The molecule has 2 amide bonds. The van der Waals surface area contributed by atoms with Gasteiger partial charge in [0.15, 0.2) is 0 Å². The number of hydrogen-bond donors (Lipinski definition) is 2. The minimum absolute atomic E-state index is 0.165. The summed E-state index contributed by atoms with van der Waals surface area (Å²) >= 11 is 0. The molecule has 0 unspecified atom stereocenters. The fourth-order valence-corrected chi connectivity index (χ4v) is 2.06. The van der Waals surface area contributed by atoms with Crippen LogP contribution in [0.25, 0.3) is 0 Å². The molecule has 0 bridgehead atoms. The number of aromatic nitrogens is 2. The van der Waals surface area contributed by atoms with Gasteiger partial charge in [-0.25, -0.2) is 9.97 Å². The van der Waals surface area contributed by atoms with Crippen molar-refractivity contribution in [3.05, 3.63) is 47.5 Å². The van der Waals surface area contributed by atoms with Crippen LogP contribution in [0, 0.1) is 6.92 Å². The normalized spacial score (nSPS) is 10.5. The molecule has 1 heterocycles. The largest absolute Gasteiger partial charge is 0.326 e. The minimum Gasteiger partial charge on any atom is -0.326 e. The SMILES string of the molecule is CC(=O)Nc1cccc(NC(=O)c2cnc(C(C)C)nc2C)c1. The van der Waals surface area contributed by atoms with Crippen LogP contribution in [0.15, 0.2) is 30.5 Å². The van der Waals surface area contributed by atoms with Crippen LogP contribution in [0.2, 0.25) is 0 Å². The van der Waals surface area contributed by atoms with Crippen LogP contribution in [0.5, 0.6) is 0 Å². The van der Waals surface area contributed by atoms with Gasteiger partial charge in [-0.2, -0.15) is 0 Å². The van der Waals surface area contributed by atoms with Gasteiger partial charge in [-0.3, -0.25) is 9.59 Å². The number of hydrogen-bond acceptors (Lipinski definition) is 4. The standard InChI is InChI=1S/C17H20N4O2/c1-10(2)16-18-9-15(11(3)19-16)17(23)21-14-7-5-6-13(8-14)20-12(4)22/h5-10H,1-4H3,(H,20,22)(H,21,23). The van der Waals surface area contributed by atoms with Crippen molar-refractivity contribution in [3.63, 3.8) is 0 Å². The van der Waals surface area contributed by atoms with E-state index >= 15 is 0 Å². The van der Waals surface area contributed by atoms with Gasteiger partial charge >= 0.3 is 0 Å². The molecule has 1 aromatic carbocycles. The molecule has 0 saturated heterocycles. The molecule has 6 heteroatoms. The fourth-order valence-electron chi connectivity index (χ4n) is 2.06. The Morgan fingerprint density at radius 2 is 1.78 bits per heavy atom. The Labute approximate surface area is 135 Å². The Kier molecular flexibility index (Phi) is 5.05. The lowest BCUT2D eigenvalue weighted by Gasteiger charge is -2.10. The van der Waals surface area contributed by atoms with Crippen molar-refractivity contribution in [1.29, 1.82) is 0 Å². The molecule has 2 rings (SSSR count). The van der Waals surface area contributed by atoms with Crippen LogP contribution in [0.4, 0.5) is 11.4 Å². The summed E-state index contributed by atoms with van der Waals surface area (Å²) in [6.07, 6.45) is 1.55. The molecule has 0 fully saturated rings. The van der Waals surface area contributed by atoms with Gasteiger partial charge in [0.25, 0.3) is 5.91 Å². The van der Waals surface area contributed by atoms with Gasteiger partial charge in [0.1, 0.15) is 5.82 Å². The van der Waals surface area contributed by atoms with E-state index in [-0.39, 0.29) is 17.7 Å². The maximum atomic E-state index is 12.4. The predicted octanol–water partition coefficient (Wildman–Crippen LogP) is 3.12. The van der Waals surface area contributed by atoms with E-state index in [4.69, 9.17) is 0 Å². The molecule has 1 aromatic heterocycles. The average molecular weight is 312 g/mol. The first-order valence-corrected chi connectivity index (χ1v) is 7.39. The lowest BCUT2D eigenvalue weighted by Crippen LogP contribution is -2.16. The number of amides is 2. The van der Waals surface area contributed by atoms with Gasteiger partial charge in [-0.05, 0) is 25.1 Å².